The van der Waals surface area contributed by atoms with Crippen molar-refractivity contribution in [2.75, 3.05) is 13.2 Å². The topological polar surface area (TPSA) is 87.7 Å². The summed E-state index contributed by atoms with van der Waals surface area (Å²) >= 11 is 0. The van der Waals surface area contributed by atoms with Crippen LogP contribution < -0.4 is 10.6 Å². The molecule has 0 heterocycles. The van der Waals surface area contributed by atoms with E-state index in [0.717, 1.165) is 0 Å². The summed E-state index contributed by atoms with van der Waals surface area (Å²) in [4.78, 5) is 22.8. The van der Waals surface area contributed by atoms with Crippen LogP contribution in [-0.4, -0.2) is 41.9 Å². The van der Waals surface area contributed by atoms with Crippen molar-refractivity contribution in [3.05, 3.63) is 0 Å². The lowest BCUT2D eigenvalue weighted by atomic mass is 9.87. The van der Waals surface area contributed by atoms with Gasteiger partial charge in [-0.05, 0) is 32.6 Å². The van der Waals surface area contributed by atoms with E-state index in [0.29, 0.717) is 19.6 Å². The van der Waals surface area contributed by atoms with Crippen LogP contribution in [0.4, 0.5) is 4.79 Å². The van der Waals surface area contributed by atoms with Gasteiger partial charge in [-0.25, -0.2) is 4.79 Å². The van der Waals surface area contributed by atoms with Crippen LogP contribution in [0.3, 0.4) is 0 Å². The van der Waals surface area contributed by atoms with E-state index in [9.17, 15) is 9.59 Å². The number of urea groups is 1. The van der Waals surface area contributed by atoms with Gasteiger partial charge in [-0.2, -0.15) is 0 Å². The van der Waals surface area contributed by atoms with Crippen LogP contribution >= 0.6 is 0 Å². The lowest BCUT2D eigenvalue weighted by Gasteiger charge is -2.28. The van der Waals surface area contributed by atoms with E-state index in [1.165, 1.54) is 0 Å². The standard InChI is InChI=1S/C15H30N2O4/c1-7-21-15(5,6)10-16-13(20)17-11(8-12(18)19)9-14(2,3)4/h11H,7-10H2,1-6H3,(H,18,19)(H2,16,17,20). The Morgan fingerprint density at radius 3 is 2.19 bits per heavy atom. The van der Waals surface area contributed by atoms with Crippen molar-refractivity contribution in [3.63, 3.8) is 0 Å². The third-order valence-electron chi connectivity index (χ3n) is 2.82. The van der Waals surface area contributed by atoms with Crippen molar-refractivity contribution >= 4 is 12.0 Å². The predicted molar refractivity (Wildman–Crippen MR) is 82.4 cm³/mol. The van der Waals surface area contributed by atoms with Crippen molar-refractivity contribution in [2.24, 2.45) is 5.41 Å². The van der Waals surface area contributed by atoms with E-state index in [4.69, 9.17) is 9.84 Å². The zero-order chi connectivity index (χ0) is 16.7. The number of amides is 2. The molecule has 0 aromatic rings. The van der Waals surface area contributed by atoms with Crippen LogP contribution in [0.5, 0.6) is 0 Å². The maximum atomic E-state index is 11.9. The highest BCUT2D eigenvalue weighted by Gasteiger charge is 2.24. The Balaban J connectivity index is 4.43. The number of ether oxygens (including phenoxy) is 1. The first kappa shape index (κ1) is 19.7. The van der Waals surface area contributed by atoms with Crippen LogP contribution in [0.15, 0.2) is 0 Å². The summed E-state index contributed by atoms with van der Waals surface area (Å²) in [6.07, 6.45) is 0.515. The summed E-state index contributed by atoms with van der Waals surface area (Å²) in [5.74, 6) is -0.917. The molecule has 1 unspecified atom stereocenters. The van der Waals surface area contributed by atoms with E-state index in [1.807, 2.05) is 41.5 Å². The highest BCUT2D eigenvalue weighted by Crippen LogP contribution is 2.22. The first-order valence-electron chi connectivity index (χ1n) is 7.35. The van der Waals surface area contributed by atoms with Gasteiger partial charge >= 0.3 is 12.0 Å². The number of nitrogens with one attached hydrogen (secondary N) is 2. The molecule has 0 aliphatic rings. The molecule has 0 aliphatic carbocycles. The molecule has 21 heavy (non-hydrogen) atoms. The number of carboxylic acids is 1. The molecule has 0 fully saturated rings. The zero-order valence-electron chi connectivity index (χ0n) is 14.1. The largest absolute Gasteiger partial charge is 0.481 e. The molecule has 0 rings (SSSR count). The minimum Gasteiger partial charge on any atom is -0.481 e. The molecule has 6 nitrogen and oxygen atoms in total. The second kappa shape index (κ2) is 8.22. The molecule has 0 aromatic carbocycles. The molecule has 6 heteroatoms. The maximum absolute atomic E-state index is 11.9. The van der Waals surface area contributed by atoms with Crippen LogP contribution in [0.25, 0.3) is 0 Å². The van der Waals surface area contributed by atoms with Gasteiger partial charge in [0.25, 0.3) is 0 Å². The van der Waals surface area contributed by atoms with Crippen LogP contribution in [0.1, 0.15) is 54.4 Å². The average Bonchev–Trinajstić information content (AvgIpc) is 2.23. The summed E-state index contributed by atoms with van der Waals surface area (Å²) in [6, 6.07) is -0.754. The van der Waals surface area contributed by atoms with Gasteiger partial charge in [0.05, 0.1) is 12.0 Å². The van der Waals surface area contributed by atoms with Gasteiger partial charge in [-0.1, -0.05) is 20.8 Å². The van der Waals surface area contributed by atoms with E-state index < -0.39 is 17.6 Å². The van der Waals surface area contributed by atoms with Crippen LogP contribution in [0, 0.1) is 5.41 Å². The number of hydrogen-bond donors (Lipinski definition) is 3. The van der Waals surface area contributed by atoms with Gasteiger partial charge < -0.3 is 20.5 Å². The molecular weight excluding hydrogens is 272 g/mol. The molecule has 124 valence electrons. The quantitative estimate of drug-likeness (QED) is 0.642. The second-order valence-electron chi connectivity index (χ2n) is 7.08. The van der Waals surface area contributed by atoms with Gasteiger partial charge in [0.1, 0.15) is 0 Å². The number of aliphatic carboxylic acids is 1. The molecule has 0 bridgehead atoms. The third-order valence-corrected chi connectivity index (χ3v) is 2.82. The van der Waals surface area contributed by atoms with E-state index in [1.54, 1.807) is 0 Å². The molecular formula is C15H30N2O4. The Hall–Kier alpha value is -1.30. The molecule has 0 saturated carbocycles. The Kier molecular flexibility index (Phi) is 7.71. The molecule has 3 N–H and O–H groups in total. The molecule has 1 atom stereocenters. The first-order chi connectivity index (χ1) is 9.45. The van der Waals surface area contributed by atoms with Crippen molar-refractivity contribution < 1.29 is 19.4 Å². The van der Waals surface area contributed by atoms with E-state index >= 15 is 0 Å². The Bertz CT molecular complexity index is 348. The highest BCUT2D eigenvalue weighted by molar-refractivity contribution is 5.75. The van der Waals surface area contributed by atoms with Gasteiger partial charge in [-0.3, -0.25) is 4.79 Å². The molecule has 0 aromatic heterocycles. The Labute approximate surface area is 127 Å². The van der Waals surface area contributed by atoms with Crippen molar-refractivity contribution in [2.45, 2.75) is 66.0 Å². The lowest BCUT2D eigenvalue weighted by molar-refractivity contribution is -0.137. The minimum atomic E-state index is -0.917. The molecule has 0 aliphatic heterocycles. The SMILES string of the molecule is CCOC(C)(C)CNC(=O)NC(CC(=O)O)CC(C)(C)C. The van der Waals surface area contributed by atoms with Crippen molar-refractivity contribution in [3.8, 4) is 0 Å². The average molecular weight is 302 g/mol. The number of carboxylic acid groups (broad SMARTS) is 1. The van der Waals surface area contributed by atoms with Gasteiger partial charge in [0.15, 0.2) is 0 Å². The third kappa shape index (κ3) is 11.1. The van der Waals surface area contributed by atoms with Crippen LogP contribution in [-0.2, 0) is 9.53 Å². The lowest BCUT2D eigenvalue weighted by Crippen LogP contribution is -2.48. The van der Waals surface area contributed by atoms with Crippen molar-refractivity contribution in [1.82, 2.24) is 10.6 Å². The van der Waals surface area contributed by atoms with Gasteiger partial charge in [0, 0.05) is 19.2 Å². The summed E-state index contributed by atoms with van der Waals surface area (Å²) in [5, 5.41) is 14.4. The maximum Gasteiger partial charge on any atom is 0.315 e. The van der Waals surface area contributed by atoms with Crippen molar-refractivity contribution in [1.29, 1.82) is 0 Å². The number of rotatable bonds is 8. The zero-order valence-corrected chi connectivity index (χ0v) is 14.1. The highest BCUT2D eigenvalue weighted by atomic mass is 16.5. The fraction of sp³-hybridized carbons (Fsp3) is 0.867. The van der Waals surface area contributed by atoms with Gasteiger partial charge in [0.2, 0.25) is 0 Å². The van der Waals surface area contributed by atoms with E-state index in [2.05, 4.69) is 10.6 Å². The Morgan fingerprint density at radius 1 is 1.19 bits per heavy atom. The monoisotopic (exact) mass is 302 g/mol. The fourth-order valence-corrected chi connectivity index (χ4v) is 2.10. The molecule has 2 amide bonds. The van der Waals surface area contributed by atoms with Crippen LogP contribution in [0.2, 0.25) is 0 Å². The smallest absolute Gasteiger partial charge is 0.315 e. The number of carbonyl (C=O) groups is 2. The molecule has 0 radical (unpaired) electrons. The van der Waals surface area contributed by atoms with E-state index in [-0.39, 0.29) is 17.9 Å². The number of carbonyl (C=O) groups excluding carboxylic acids is 1. The second-order valence-corrected chi connectivity index (χ2v) is 7.08. The summed E-state index contributed by atoms with van der Waals surface area (Å²) < 4.78 is 5.49. The minimum absolute atomic E-state index is 0.0576. The predicted octanol–water partition coefficient (Wildman–Crippen LogP) is 2.38. The molecule has 0 saturated heterocycles. The number of hydrogen-bond acceptors (Lipinski definition) is 3. The first-order valence-corrected chi connectivity index (χ1v) is 7.35. The summed E-state index contributed by atoms with van der Waals surface area (Å²) in [7, 11) is 0. The normalized spacial score (nSPS) is 13.6. The molecule has 0 spiro atoms. The fourth-order valence-electron chi connectivity index (χ4n) is 2.10. The van der Waals surface area contributed by atoms with Gasteiger partial charge in [-0.15, -0.1) is 0 Å². The Morgan fingerprint density at radius 2 is 1.76 bits per heavy atom. The summed E-state index contributed by atoms with van der Waals surface area (Å²) in [5.41, 5.74) is -0.504. The summed E-state index contributed by atoms with van der Waals surface area (Å²) in [6.45, 7) is 12.7.